The number of nitrogens with one attached hydrogen (secondary N) is 3. The molecule has 2 rings (SSSR count). The summed E-state index contributed by atoms with van der Waals surface area (Å²) >= 11 is 1.68. The molecule has 0 bridgehead atoms. The molecule has 6 atom stereocenters. The van der Waals surface area contributed by atoms with E-state index in [2.05, 4.69) is 20.9 Å². The van der Waals surface area contributed by atoms with E-state index in [1.807, 2.05) is 13.8 Å². The summed E-state index contributed by atoms with van der Waals surface area (Å²) in [6, 6.07) is 3.46. The van der Waals surface area contributed by atoms with Crippen LogP contribution in [0.2, 0.25) is 0 Å². The molecule has 6 N–H and O–H groups in total. The van der Waals surface area contributed by atoms with E-state index in [4.69, 9.17) is 12.5 Å². The molecule has 2 amide bonds. The molecule has 1 aromatic rings. The summed E-state index contributed by atoms with van der Waals surface area (Å²) in [6.07, 6.45) is -6.09. The van der Waals surface area contributed by atoms with E-state index >= 15 is 0 Å². The van der Waals surface area contributed by atoms with Crippen molar-refractivity contribution in [3.05, 3.63) is 23.8 Å². The number of carboxylic acid groups (broad SMARTS) is 1. The fraction of sp³-hybridized carbons (Fsp3) is 0.609. The first-order valence-corrected chi connectivity index (χ1v) is 16.1. The van der Waals surface area contributed by atoms with Gasteiger partial charge in [-0.25, -0.2) is 4.79 Å². The van der Waals surface area contributed by atoms with Crippen LogP contribution in [0.1, 0.15) is 32.8 Å². The molecule has 1 aromatic carbocycles. The topological polar surface area (TPSA) is 176 Å². The van der Waals surface area contributed by atoms with Crippen LogP contribution in [-0.4, -0.2) is 79.3 Å². The Morgan fingerprint density at radius 3 is 2.51 bits per heavy atom. The number of alkyl halides is 2. The minimum absolute atomic E-state index is 0.0328. The molecule has 1 aliphatic heterocycles. The number of anilines is 1. The number of hydrogen-bond acceptors (Lipinski definition) is 9. The van der Waals surface area contributed by atoms with Gasteiger partial charge in [0.25, 0.3) is 0 Å². The van der Waals surface area contributed by atoms with Gasteiger partial charge in [0.1, 0.15) is 29.1 Å². The van der Waals surface area contributed by atoms with Gasteiger partial charge >= 0.3 is 159 Å². The third-order valence-corrected chi connectivity index (χ3v) is 7.12. The molecular weight excluding hydrogens is 716 g/mol. The van der Waals surface area contributed by atoms with Gasteiger partial charge in [-0.05, 0) is 0 Å². The maximum atomic E-state index is 12.9. The van der Waals surface area contributed by atoms with E-state index < -0.39 is 48.6 Å². The van der Waals surface area contributed by atoms with E-state index in [0.29, 0.717) is 5.56 Å². The van der Waals surface area contributed by atoms with Crippen molar-refractivity contribution in [1.29, 1.82) is 0 Å². The number of aliphatic hydroxyl groups excluding tert-OH is 2. The van der Waals surface area contributed by atoms with Crippen LogP contribution in [0.4, 0.5) is 5.69 Å². The Bertz CT molecular complexity index is 937. The Balaban J connectivity index is 2.20. The number of carbonyl (C=O) groups excluding carboxylic acids is 2. The van der Waals surface area contributed by atoms with Gasteiger partial charge in [0.2, 0.25) is 0 Å². The molecule has 0 unspecified atom stereocenters. The quantitative estimate of drug-likeness (QED) is 0.0724. The Morgan fingerprint density at radius 1 is 1.22 bits per heavy atom. The van der Waals surface area contributed by atoms with Crippen LogP contribution in [0.3, 0.4) is 0 Å². The van der Waals surface area contributed by atoms with E-state index in [1.54, 1.807) is 42.1 Å². The number of hydrogen-bond donors (Lipinski definition) is 6. The second-order valence-corrected chi connectivity index (χ2v) is 11.8. The van der Waals surface area contributed by atoms with Crippen molar-refractivity contribution in [2.75, 3.05) is 14.8 Å². The first kappa shape index (κ1) is 31.9. The fourth-order valence-corrected chi connectivity index (χ4v) is 4.82. The molecule has 0 aromatic heterocycles. The molecule has 1 aliphatic rings. The normalized spacial score (nSPS) is 23.4. The molecule has 0 radical (unpaired) electrons. The number of halogens is 2. The zero-order valence-corrected chi connectivity index (χ0v) is 25.3. The van der Waals surface area contributed by atoms with Gasteiger partial charge in [0, 0.05) is 6.42 Å². The number of carbonyl (C=O) groups is 3. The summed E-state index contributed by atoms with van der Waals surface area (Å²) in [4.78, 5) is 39.2. The Labute approximate surface area is 240 Å². The van der Waals surface area contributed by atoms with Crippen molar-refractivity contribution in [3.63, 3.8) is 0 Å². The predicted molar refractivity (Wildman–Crippen MR) is 138 cm³/mol. The second kappa shape index (κ2) is 15.3. The Morgan fingerprint density at radius 2 is 1.92 bits per heavy atom. The van der Waals surface area contributed by atoms with Gasteiger partial charge < -0.3 is 23.1 Å². The van der Waals surface area contributed by atoms with Gasteiger partial charge in [-0.15, -0.1) is 0 Å². The SMILES string of the molecule is C[I-]CN[C@@H](C(=O)N[C@H](C)C(=O)Nc1ccc(COI)cc1O[C@@H]1O[C@H](C(=O)O)C[C@H](O)[C@H]1O)C(C)C. The molecule has 0 aliphatic carbocycles. The van der Waals surface area contributed by atoms with Gasteiger partial charge in [0.05, 0.1) is 12.7 Å². The second-order valence-electron chi connectivity index (χ2n) is 8.87. The number of benzene rings is 1. The van der Waals surface area contributed by atoms with Gasteiger partial charge in [-0.2, -0.15) is 0 Å². The maximum absolute atomic E-state index is 12.9. The fourth-order valence-electron chi connectivity index (χ4n) is 3.54. The summed E-state index contributed by atoms with van der Waals surface area (Å²) in [7, 11) is 0. The molecule has 14 heteroatoms. The average molecular weight is 750 g/mol. The number of amides is 2. The van der Waals surface area contributed by atoms with Gasteiger partial charge in [0.15, 0.2) is 6.10 Å². The summed E-state index contributed by atoms with van der Waals surface area (Å²) in [5, 5.41) is 38.3. The zero-order valence-electron chi connectivity index (χ0n) is 20.9. The standard InChI is InChI=1S/C23H34I2N3O9/c1-11(2)18(26-10-25-4)21(32)27-12(3)20(31)28-14-6-5-13(9-35-24)7-16(14)36-23-19(30)15(29)8-17(37-23)22(33)34/h5-7,11-12,15,17-19,23,26,29-30H,8-10H2,1-4H3,(H,27,32)(H,28,31)(H,33,34)/q-1/t12-,15+,17+,18-,19-,23-/m1/s1. The molecule has 1 saturated heterocycles. The molecule has 210 valence electrons. The van der Waals surface area contributed by atoms with Crippen molar-refractivity contribution < 1.29 is 63.4 Å². The van der Waals surface area contributed by atoms with Crippen molar-refractivity contribution in [1.82, 2.24) is 10.6 Å². The van der Waals surface area contributed by atoms with Gasteiger partial charge in [-0.3, -0.25) is 0 Å². The average Bonchev–Trinajstić information content (AvgIpc) is 2.83. The summed E-state index contributed by atoms with van der Waals surface area (Å²) in [6.45, 7) is 5.61. The van der Waals surface area contributed by atoms with Crippen LogP contribution in [0.5, 0.6) is 5.75 Å². The molecule has 12 nitrogen and oxygen atoms in total. The molecule has 0 saturated carbocycles. The van der Waals surface area contributed by atoms with Crippen molar-refractivity contribution in [2.45, 2.75) is 70.5 Å². The van der Waals surface area contributed by atoms with Crippen molar-refractivity contribution in [3.8, 4) is 5.75 Å². The van der Waals surface area contributed by atoms with E-state index in [1.165, 1.54) is 6.07 Å². The van der Waals surface area contributed by atoms with Crippen molar-refractivity contribution >= 4 is 46.5 Å². The van der Waals surface area contributed by atoms with Crippen LogP contribution in [0.25, 0.3) is 0 Å². The Kier molecular flexibility index (Phi) is 13.2. The van der Waals surface area contributed by atoms with E-state index in [0.717, 1.165) is 4.55 Å². The number of aliphatic hydroxyl groups is 2. The Hall–Kier alpha value is -1.31. The van der Waals surface area contributed by atoms with Crippen LogP contribution in [0.15, 0.2) is 18.2 Å². The monoisotopic (exact) mass is 750 g/mol. The first-order valence-electron chi connectivity index (χ1n) is 11.5. The van der Waals surface area contributed by atoms with E-state index in [9.17, 15) is 29.7 Å². The summed E-state index contributed by atoms with van der Waals surface area (Å²) < 4.78 is 17.0. The van der Waals surface area contributed by atoms with Crippen LogP contribution < -0.4 is 41.9 Å². The molecule has 1 heterocycles. The van der Waals surface area contributed by atoms with Crippen LogP contribution >= 0.6 is 23.0 Å². The third-order valence-electron chi connectivity index (χ3n) is 5.60. The number of ether oxygens (including phenoxy) is 2. The summed E-state index contributed by atoms with van der Waals surface area (Å²) in [5.74, 6) is -2.01. The first-order chi connectivity index (χ1) is 17.5. The van der Waals surface area contributed by atoms with Gasteiger partial charge in [-0.1, -0.05) is 0 Å². The zero-order chi connectivity index (χ0) is 27.7. The third kappa shape index (κ3) is 9.43. The summed E-state index contributed by atoms with van der Waals surface area (Å²) in [5.41, 5.74) is 0.856. The van der Waals surface area contributed by atoms with Crippen molar-refractivity contribution in [2.24, 2.45) is 5.92 Å². The number of rotatable bonds is 13. The minimum atomic E-state index is -1.52. The molecular formula is C23H34I2N3O9-. The van der Waals surface area contributed by atoms with Crippen LogP contribution in [-0.2, 0) is 28.8 Å². The molecule has 0 spiro atoms. The predicted octanol–water partition coefficient (Wildman–Crippen LogP) is -2.41. The molecule has 37 heavy (non-hydrogen) atoms. The van der Waals surface area contributed by atoms with Crippen LogP contribution in [0, 0.1) is 5.92 Å². The number of carboxylic acids is 1. The van der Waals surface area contributed by atoms with E-state index in [-0.39, 0.29) is 57.5 Å². The number of aliphatic carboxylic acids is 1. The molecule has 1 fully saturated rings.